The summed E-state index contributed by atoms with van der Waals surface area (Å²) in [5.74, 6) is 0. The van der Waals surface area contributed by atoms with Crippen molar-refractivity contribution in [3.63, 3.8) is 0 Å². The van der Waals surface area contributed by atoms with Crippen LogP contribution in [0.5, 0.6) is 0 Å². The number of benzene rings is 1. The van der Waals surface area contributed by atoms with E-state index in [1.54, 1.807) is 0 Å². The van der Waals surface area contributed by atoms with Crippen molar-refractivity contribution in [1.82, 2.24) is 5.32 Å². The lowest BCUT2D eigenvalue weighted by molar-refractivity contribution is -0.0631. The summed E-state index contributed by atoms with van der Waals surface area (Å²) in [7, 11) is 1.98. The first kappa shape index (κ1) is 14.9. The number of thioether (sulfide) groups is 1. The molecule has 0 spiro atoms. The minimum Gasteiger partial charge on any atom is -0.368 e. The Morgan fingerprint density at radius 2 is 1.84 bits per heavy atom. The van der Waals surface area contributed by atoms with Crippen molar-refractivity contribution < 1.29 is 4.74 Å². The molecule has 1 aliphatic heterocycles. The standard InChI is InChI=1S/C16H25NOS/c1-15(2)10-14(16(3,4)18-15)19-13-8-6-12(7-9-13)11-17-5/h6-9,14,17H,10-11H2,1-5H3. The zero-order valence-electron chi connectivity index (χ0n) is 12.6. The third-order valence-corrected chi connectivity index (χ3v) is 5.14. The third-order valence-electron chi connectivity index (χ3n) is 3.57. The highest BCUT2D eigenvalue weighted by atomic mass is 32.2. The normalized spacial score (nSPS) is 24.6. The van der Waals surface area contributed by atoms with E-state index in [9.17, 15) is 0 Å². The molecular weight excluding hydrogens is 254 g/mol. The molecule has 1 unspecified atom stereocenters. The van der Waals surface area contributed by atoms with Crippen molar-refractivity contribution in [1.29, 1.82) is 0 Å². The molecule has 1 atom stereocenters. The van der Waals surface area contributed by atoms with Crippen molar-refractivity contribution in [2.75, 3.05) is 7.05 Å². The molecule has 2 nitrogen and oxygen atoms in total. The second kappa shape index (κ2) is 5.47. The van der Waals surface area contributed by atoms with Crippen LogP contribution >= 0.6 is 11.8 Å². The molecule has 1 N–H and O–H groups in total. The van der Waals surface area contributed by atoms with Crippen LogP contribution in [0, 0.1) is 0 Å². The summed E-state index contributed by atoms with van der Waals surface area (Å²) in [6.07, 6.45) is 1.10. The molecule has 0 aliphatic carbocycles. The van der Waals surface area contributed by atoms with Crippen molar-refractivity contribution >= 4 is 11.8 Å². The lowest BCUT2D eigenvalue weighted by Gasteiger charge is -2.27. The van der Waals surface area contributed by atoms with Gasteiger partial charge in [-0.3, -0.25) is 0 Å². The fraction of sp³-hybridized carbons (Fsp3) is 0.625. The highest BCUT2D eigenvalue weighted by Crippen LogP contribution is 2.45. The fourth-order valence-electron chi connectivity index (χ4n) is 2.75. The van der Waals surface area contributed by atoms with Gasteiger partial charge in [0.25, 0.3) is 0 Å². The molecule has 1 saturated heterocycles. The maximum atomic E-state index is 6.15. The molecule has 1 heterocycles. The minimum absolute atomic E-state index is 0.00671. The van der Waals surface area contributed by atoms with Gasteiger partial charge in [-0.15, -0.1) is 11.8 Å². The van der Waals surface area contributed by atoms with E-state index < -0.39 is 0 Å². The highest BCUT2D eigenvalue weighted by molar-refractivity contribution is 8.00. The van der Waals surface area contributed by atoms with Crippen LogP contribution in [-0.2, 0) is 11.3 Å². The number of hydrogen-bond acceptors (Lipinski definition) is 3. The van der Waals surface area contributed by atoms with Gasteiger partial charge in [0.1, 0.15) is 0 Å². The van der Waals surface area contributed by atoms with Crippen LogP contribution < -0.4 is 5.32 Å². The van der Waals surface area contributed by atoms with Crippen LogP contribution in [0.15, 0.2) is 29.2 Å². The van der Waals surface area contributed by atoms with Crippen molar-refractivity contribution in [3.05, 3.63) is 29.8 Å². The summed E-state index contributed by atoms with van der Waals surface area (Å²) in [6.45, 7) is 9.70. The van der Waals surface area contributed by atoms with Crippen molar-refractivity contribution in [2.24, 2.45) is 0 Å². The Kier molecular flexibility index (Phi) is 4.29. The van der Waals surface area contributed by atoms with E-state index in [1.807, 2.05) is 18.8 Å². The third kappa shape index (κ3) is 3.74. The van der Waals surface area contributed by atoms with Gasteiger partial charge in [0.05, 0.1) is 11.2 Å². The zero-order valence-corrected chi connectivity index (χ0v) is 13.4. The largest absolute Gasteiger partial charge is 0.368 e. The van der Waals surface area contributed by atoms with Gasteiger partial charge in [0.15, 0.2) is 0 Å². The molecule has 1 aromatic carbocycles. The van der Waals surface area contributed by atoms with Gasteiger partial charge >= 0.3 is 0 Å². The molecule has 1 fully saturated rings. The van der Waals surface area contributed by atoms with Gasteiger partial charge in [0, 0.05) is 16.7 Å². The predicted octanol–water partition coefficient (Wildman–Crippen LogP) is 3.84. The van der Waals surface area contributed by atoms with Gasteiger partial charge in [-0.1, -0.05) is 12.1 Å². The fourth-order valence-corrected chi connectivity index (χ4v) is 4.19. The highest BCUT2D eigenvalue weighted by Gasteiger charge is 2.46. The van der Waals surface area contributed by atoms with Crippen LogP contribution in [0.2, 0.25) is 0 Å². The number of ether oxygens (including phenoxy) is 1. The maximum Gasteiger partial charge on any atom is 0.0756 e. The Morgan fingerprint density at radius 1 is 1.21 bits per heavy atom. The van der Waals surface area contributed by atoms with E-state index in [0.29, 0.717) is 5.25 Å². The summed E-state index contributed by atoms with van der Waals surface area (Å²) in [5.41, 5.74) is 1.26. The lowest BCUT2D eigenvalue weighted by atomic mass is 10.0. The molecule has 0 amide bonds. The van der Waals surface area contributed by atoms with Crippen molar-refractivity contribution in [2.45, 2.75) is 62.0 Å². The summed E-state index contributed by atoms with van der Waals surface area (Å²) in [5, 5.41) is 3.69. The first-order chi connectivity index (χ1) is 8.82. The molecule has 0 saturated carbocycles. The molecule has 106 valence electrons. The molecule has 1 aliphatic rings. The van der Waals surface area contributed by atoms with Crippen LogP contribution in [0.3, 0.4) is 0 Å². The number of rotatable bonds is 4. The molecule has 0 aromatic heterocycles. The topological polar surface area (TPSA) is 21.3 Å². The molecule has 19 heavy (non-hydrogen) atoms. The van der Waals surface area contributed by atoms with Crippen LogP contribution in [0.4, 0.5) is 0 Å². The van der Waals surface area contributed by atoms with Crippen molar-refractivity contribution in [3.8, 4) is 0 Å². The smallest absolute Gasteiger partial charge is 0.0756 e. The van der Waals surface area contributed by atoms with E-state index in [2.05, 4.69) is 57.3 Å². The average Bonchev–Trinajstić information content (AvgIpc) is 2.50. The average molecular weight is 279 g/mol. The lowest BCUT2D eigenvalue weighted by Crippen LogP contribution is -2.30. The molecule has 3 heteroatoms. The zero-order chi connectivity index (χ0) is 14.1. The Bertz CT molecular complexity index is 425. The first-order valence-electron chi connectivity index (χ1n) is 6.93. The van der Waals surface area contributed by atoms with Crippen LogP contribution in [-0.4, -0.2) is 23.5 Å². The van der Waals surface area contributed by atoms with E-state index in [4.69, 9.17) is 4.74 Å². The summed E-state index contributed by atoms with van der Waals surface area (Å²) >= 11 is 1.94. The van der Waals surface area contributed by atoms with Crippen LogP contribution in [0.25, 0.3) is 0 Å². The molecule has 2 rings (SSSR count). The molecular formula is C16H25NOS. The second-order valence-corrected chi connectivity index (χ2v) is 7.73. The quantitative estimate of drug-likeness (QED) is 0.904. The van der Waals surface area contributed by atoms with Gasteiger partial charge in [0.2, 0.25) is 0 Å². The van der Waals surface area contributed by atoms with Gasteiger partial charge in [-0.05, 0) is 58.9 Å². The molecule has 1 aromatic rings. The first-order valence-corrected chi connectivity index (χ1v) is 7.81. The summed E-state index contributed by atoms with van der Waals surface area (Å²) in [4.78, 5) is 1.33. The monoisotopic (exact) mass is 279 g/mol. The Hall–Kier alpha value is -0.510. The Labute approximate surface area is 121 Å². The van der Waals surface area contributed by atoms with E-state index in [1.165, 1.54) is 10.5 Å². The predicted molar refractivity (Wildman–Crippen MR) is 82.7 cm³/mol. The number of nitrogens with one attached hydrogen (secondary N) is 1. The summed E-state index contributed by atoms with van der Waals surface area (Å²) in [6, 6.07) is 8.84. The SMILES string of the molecule is CNCc1ccc(SC2CC(C)(C)OC2(C)C)cc1. The van der Waals surface area contributed by atoms with Gasteiger partial charge < -0.3 is 10.1 Å². The van der Waals surface area contributed by atoms with Gasteiger partial charge in [-0.25, -0.2) is 0 Å². The maximum absolute atomic E-state index is 6.15. The van der Waals surface area contributed by atoms with E-state index in [-0.39, 0.29) is 11.2 Å². The van der Waals surface area contributed by atoms with Crippen LogP contribution in [0.1, 0.15) is 39.7 Å². The minimum atomic E-state index is -0.0577. The van der Waals surface area contributed by atoms with Gasteiger partial charge in [-0.2, -0.15) is 0 Å². The molecule has 0 bridgehead atoms. The molecule has 0 radical (unpaired) electrons. The Morgan fingerprint density at radius 3 is 2.32 bits per heavy atom. The van der Waals surface area contributed by atoms with E-state index in [0.717, 1.165) is 13.0 Å². The second-order valence-electron chi connectivity index (χ2n) is 6.45. The summed E-state index contributed by atoms with van der Waals surface area (Å²) < 4.78 is 6.15. The van der Waals surface area contributed by atoms with E-state index >= 15 is 0 Å². The number of hydrogen-bond donors (Lipinski definition) is 1. The Balaban J connectivity index is 2.05.